The maximum absolute atomic E-state index is 12.6. The molecule has 3 rings (SSSR count). The smallest absolute Gasteiger partial charge is 0.268 e. The normalized spacial score (nSPS) is 11.3. The van der Waals surface area contributed by atoms with Gasteiger partial charge in [0.05, 0.1) is 16.8 Å². The third-order valence-corrected chi connectivity index (χ3v) is 5.04. The molecule has 128 valence electrons. The molecule has 2 aromatic heterocycles. The van der Waals surface area contributed by atoms with Crippen molar-refractivity contribution in [3.05, 3.63) is 66.1 Å². The van der Waals surface area contributed by atoms with Crippen LogP contribution in [0.25, 0.3) is 10.9 Å². The van der Waals surface area contributed by atoms with Crippen LogP contribution < -0.4 is 9.03 Å². The largest absolute Gasteiger partial charge is 0.326 e. The zero-order chi connectivity index (χ0) is 18.0. The second kappa shape index (κ2) is 6.48. The van der Waals surface area contributed by atoms with E-state index >= 15 is 0 Å². The van der Waals surface area contributed by atoms with Crippen LogP contribution in [0, 0.1) is 6.92 Å². The number of aromatic nitrogens is 2. The van der Waals surface area contributed by atoms with Crippen molar-refractivity contribution in [1.82, 2.24) is 14.7 Å². The van der Waals surface area contributed by atoms with Gasteiger partial charge in [0.2, 0.25) is 0 Å². The third-order valence-electron chi connectivity index (χ3n) is 3.68. The summed E-state index contributed by atoms with van der Waals surface area (Å²) in [4.78, 5) is 20.4. The second-order valence-corrected chi connectivity index (χ2v) is 7.15. The molecule has 7 nitrogen and oxygen atoms in total. The topological polar surface area (TPSA) is 92.3 Å². The Morgan fingerprint density at radius 3 is 2.64 bits per heavy atom. The molecule has 0 unspecified atom stereocenters. The monoisotopic (exact) mass is 356 g/mol. The predicted octanol–water partition coefficient (Wildman–Crippen LogP) is 2.05. The molecule has 0 aliphatic heterocycles. The van der Waals surface area contributed by atoms with Gasteiger partial charge >= 0.3 is 10.2 Å². The van der Waals surface area contributed by atoms with Crippen LogP contribution in [-0.2, 0) is 10.2 Å². The number of rotatable bonds is 4. The number of nitrogens with one attached hydrogen (secondary N) is 1. The van der Waals surface area contributed by atoms with Crippen LogP contribution in [0.5, 0.6) is 0 Å². The van der Waals surface area contributed by atoms with E-state index in [-0.39, 0.29) is 5.56 Å². The highest BCUT2D eigenvalue weighted by Gasteiger charge is 2.23. The predicted molar refractivity (Wildman–Crippen MR) is 95.5 cm³/mol. The van der Waals surface area contributed by atoms with Gasteiger partial charge in [0.25, 0.3) is 5.91 Å². The summed E-state index contributed by atoms with van der Waals surface area (Å²) in [6, 6.07) is 12.0. The Balaban J connectivity index is 1.96. The van der Waals surface area contributed by atoms with E-state index in [1.54, 1.807) is 18.2 Å². The quantitative estimate of drug-likeness (QED) is 0.772. The first-order chi connectivity index (χ1) is 11.9. The Kier molecular flexibility index (Phi) is 4.37. The summed E-state index contributed by atoms with van der Waals surface area (Å²) in [5.41, 5.74) is 1.85. The number of aryl methyl sites for hydroxylation is 1. The third kappa shape index (κ3) is 3.43. The van der Waals surface area contributed by atoms with Crippen molar-refractivity contribution < 1.29 is 13.2 Å². The number of anilines is 1. The molecular formula is C17H16N4O3S. The fraction of sp³-hybridized carbons (Fsp3) is 0.118. The summed E-state index contributed by atoms with van der Waals surface area (Å²) in [6.45, 7) is 1.83. The fourth-order valence-corrected chi connectivity index (χ4v) is 3.25. The molecule has 0 fully saturated rings. The molecule has 0 saturated heterocycles. The molecule has 0 spiro atoms. The lowest BCUT2D eigenvalue weighted by molar-refractivity contribution is 0.0981. The van der Waals surface area contributed by atoms with Gasteiger partial charge in [-0.15, -0.1) is 0 Å². The van der Waals surface area contributed by atoms with Crippen molar-refractivity contribution in [2.45, 2.75) is 6.92 Å². The number of hydrogen-bond acceptors (Lipinski definition) is 5. The fourth-order valence-electron chi connectivity index (χ4n) is 2.35. The summed E-state index contributed by atoms with van der Waals surface area (Å²) >= 11 is 0. The SMILES string of the molecule is Cc1ccc2cccc(N(C)S(=O)(=O)NC(=O)c3cccnc3)c2n1. The maximum atomic E-state index is 12.6. The average molecular weight is 356 g/mol. The first-order valence-corrected chi connectivity index (χ1v) is 8.90. The minimum absolute atomic E-state index is 0.159. The molecule has 0 aliphatic rings. The summed E-state index contributed by atoms with van der Waals surface area (Å²) in [5, 5.41) is 0.809. The van der Waals surface area contributed by atoms with E-state index in [1.807, 2.05) is 29.8 Å². The number of amides is 1. The van der Waals surface area contributed by atoms with E-state index in [1.165, 1.54) is 25.5 Å². The number of benzene rings is 1. The molecule has 1 N–H and O–H groups in total. The lowest BCUT2D eigenvalue weighted by Crippen LogP contribution is -2.41. The average Bonchev–Trinajstić information content (AvgIpc) is 2.61. The van der Waals surface area contributed by atoms with Crippen molar-refractivity contribution in [2.75, 3.05) is 11.4 Å². The molecular weight excluding hydrogens is 340 g/mol. The molecule has 25 heavy (non-hydrogen) atoms. The number of para-hydroxylation sites is 1. The molecule has 0 bridgehead atoms. The highest BCUT2D eigenvalue weighted by atomic mass is 32.2. The van der Waals surface area contributed by atoms with E-state index in [0.29, 0.717) is 11.2 Å². The van der Waals surface area contributed by atoms with Gasteiger partial charge in [0.1, 0.15) is 0 Å². The van der Waals surface area contributed by atoms with Gasteiger partial charge in [-0.1, -0.05) is 18.2 Å². The van der Waals surface area contributed by atoms with Crippen LogP contribution >= 0.6 is 0 Å². The molecule has 0 saturated carbocycles. The highest BCUT2D eigenvalue weighted by Crippen LogP contribution is 2.26. The van der Waals surface area contributed by atoms with Crippen molar-refractivity contribution in [3.63, 3.8) is 0 Å². The van der Waals surface area contributed by atoms with E-state index in [0.717, 1.165) is 15.4 Å². The molecule has 1 amide bonds. The summed E-state index contributed by atoms with van der Waals surface area (Å²) in [6.07, 6.45) is 2.80. The zero-order valence-corrected chi connectivity index (χ0v) is 14.5. The van der Waals surface area contributed by atoms with Gasteiger partial charge in [-0.2, -0.15) is 8.42 Å². The van der Waals surface area contributed by atoms with Crippen LogP contribution in [0.15, 0.2) is 54.9 Å². The van der Waals surface area contributed by atoms with Crippen LogP contribution in [-0.4, -0.2) is 31.3 Å². The lowest BCUT2D eigenvalue weighted by Gasteiger charge is -2.21. The van der Waals surface area contributed by atoms with Gasteiger partial charge < -0.3 is 0 Å². The maximum Gasteiger partial charge on any atom is 0.326 e. The Morgan fingerprint density at radius 1 is 1.12 bits per heavy atom. The Hall–Kier alpha value is -3.00. The van der Waals surface area contributed by atoms with E-state index in [4.69, 9.17) is 0 Å². The summed E-state index contributed by atoms with van der Waals surface area (Å²) < 4.78 is 28.2. The van der Waals surface area contributed by atoms with Crippen LogP contribution in [0.3, 0.4) is 0 Å². The Morgan fingerprint density at radius 2 is 1.92 bits per heavy atom. The molecule has 0 aliphatic carbocycles. The highest BCUT2D eigenvalue weighted by molar-refractivity contribution is 7.91. The van der Waals surface area contributed by atoms with Crippen molar-refractivity contribution >= 4 is 32.7 Å². The number of carbonyl (C=O) groups excluding carboxylic acids is 1. The number of pyridine rings is 2. The van der Waals surface area contributed by atoms with Gasteiger partial charge in [-0.05, 0) is 31.2 Å². The zero-order valence-electron chi connectivity index (χ0n) is 13.7. The van der Waals surface area contributed by atoms with Gasteiger partial charge in [0, 0.05) is 30.5 Å². The first kappa shape index (κ1) is 16.8. The molecule has 1 aromatic carbocycles. The Bertz CT molecular complexity index is 1040. The molecule has 3 aromatic rings. The van der Waals surface area contributed by atoms with Gasteiger partial charge in [-0.3, -0.25) is 19.1 Å². The van der Waals surface area contributed by atoms with Crippen molar-refractivity contribution in [1.29, 1.82) is 0 Å². The number of nitrogens with zero attached hydrogens (tertiary/aromatic N) is 3. The number of carbonyl (C=O) groups is 1. The lowest BCUT2D eigenvalue weighted by atomic mass is 10.2. The molecule has 8 heteroatoms. The van der Waals surface area contributed by atoms with E-state index in [9.17, 15) is 13.2 Å². The second-order valence-electron chi connectivity index (χ2n) is 5.45. The van der Waals surface area contributed by atoms with Gasteiger partial charge in [-0.25, -0.2) is 4.72 Å². The standard InChI is InChI=1S/C17H16N4O3S/c1-12-8-9-13-5-3-7-15(16(13)19-12)21(2)25(23,24)20-17(22)14-6-4-10-18-11-14/h3-11H,1-2H3,(H,20,22). The van der Waals surface area contributed by atoms with Crippen LogP contribution in [0.4, 0.5) is 5.69 Å². The molecule has 0 atom stereocenters. The molecule has 0 radical (unpaired) electrons. The first-order valence-electron chi connectivity index (χ1n) is 7.46. The van der Waals surface area contributed by atoms with Crippen molar-refractivity contribution in [2.24, 2.45) is 0 Å². The van der Waals surface area contributed by atoms with E-state index in [2.05, 4.69) is 9.97 Å². The van der Waals surface area contributed by atoms with Crippen LogP contribution in [0.2, 0.25) is 0 Å². The molecule has 2 heterocycles. The summed E-state index contributed by atoms with van der Waals surface area (Å²) in [5.74, 6) is -0.746. The number of hydrogen-bond donors (Lipinski definition) is 1. The minimum atomic E-state index is -4.10. The van der Waals surface area contributed by atoms with E-state index < -0.39 is 16.1 Å². The summed E-state index contributed by atoms with van der Waals surface area (Å²) in [7, 11) is -2.73. The van der Waals surface area contributed by atoms with Crippen molar-refractivity contribution in [3.8, 4) is 0 Å². The van der Waals surface area contributed by atoms with Gasteiger partial charge in [0.15, 0.2) is 0 Å². The minimum Gasteiger partial charge on any atom is -0.268 e. The Labute approximate surface area is 145 Å². The van der Waals surface area contributed by atoms with Crippen LogP contribution in [0.1, 0.15) is 16.1 Å². The number of fused-ring (bicyclic) bond motifs is 1.